The molecule has 0 saturated heterocycles. The molecule has 0 aromatic carbocycles. The molecule has 0 saturated carbocycles. The summed E-state index contributed by atoms with van der Waals surface area (Å²) in [5, 5.41) is 10.9. The van der Waals surface area contributed by atoms with Crippen LogP contribution in [0.15, 0.2) is 4.99 Å². The molecule has 1 unspecified atom stereocenters. The molecule has 1 aliphatic heterocycles. The number of hydrogen-bond acceptors (Lipinski definition) is 2. The molecule has 1 heterocycles. The molecule has 0 bridgehead atoms. The summed E-state index contributed by atoms with van der Waals surface area (Å²) in [5.74, 6) is -1.90. The molecule has 0 spiro atoms. The Kier molecular flexibility index (Phi) is 2.11. The van der Waals surface area contributed by atoms with Gasteiger partial charge in [-0.05, 0) is 5.41 Å². The van der Waals surface area contributed by atoms with Gasteiger partial charge in [-0.3, -0.25) is 14.9 Å². The second-order valence-electron chi connectivity index (χ2n) is 4.06. The van der Waals surface area contributed by atoms with Gasteiger partial charge >= 0.3 is 0 Å². The fourth-order valence-electron chi connectivity index (χ4n) is 1.26. The van der Waals surface area contributed by atoms with E-state index in [9.17, 15) is 9.59 Å². The number of carbonyl (C=O) groups is 2. The van der Waals surface area contributed by atoms with E-state index in [-0.39, 0.29) is 0 Å². The van der Waals surface area contributed by atoms with Gasteiger partial charge in [0.25, 0.3) is 11.9 Å². The lowest BCUT2D eigenvalue weighted by atomic mass is 9.79. The number of amidine groups is 1. The number of nitrogens with one attached hydrogen (secondary N) is 1. The maximum absolute atomic E-state index is 11.3. The number of hydrogen-bond donors (Lipinski definition) is 2. The molecule has 0 aromatic rings. The second kappa shape index (κ2) is 2.83. The van der Waals surface area contributed by atoms with Crippen LogP contribution in [-0.4, -0.2) is 22.9 Å². The number of carbonyl (C=O) groups excluding carboxylic acids is 2. The van der Waals surface area contributed by atoms with Crippen molar-refractivity contribution >= 4 is 17.8 Å². The van der Waals surface area contributed by atoms with Crippen LogP contribution >= 0.6 is 0 Å². The Hall–Kier alpha value is -1.39. The molecule has 2 N–H and O–H groups in total. The highest BCUT2D eigenvalue weighted by Crippen LogP contribution is 2.28. The molecule has 5 nitrogen and oxygen atoms in total. The highest BCUT2D eigenvalue weighted by Gasteiger charge is 2.40. The summed E-state index contributed by atoms with van der Waals surface area (Å²) in [6.45, 7) is 5.31. The van der Waals surface area contributed by atoms with Gasteiger partial charge in [0.2, 0.25) is 5.91 Å². The number of amides is 2. The summed E-state index contributed by atoms with van der Waals surface area (Å²) in [7, 11) is 0. The number of aliphatic hydroxyl groups excluding tert-OH is 1. The first-order valence-corrected chi connectivity index (χ1v) is 3.95. The minimum atomic E-state index is -0.816. The van der Waals surface area contributed by atoms with E-state index in [0.29, 0.717) is 0 Å². The summed E-state index contributed by atoms with van der Waals surface area (Å²) in [6.07, 6.45) is 0. The predicted molar refractivity (Wildman–Crippen MR) is 46.2 cm³/mol. The summed E-state index contributed by atoms with van der Waals surface area (Å²) in [5.41, 5.74) is -0.481. The standard InChI is InChI=1S/C8H12N2O3/c1-8(2,3)4-5(11)9-7(13)10-6(4)12/h4H,1-3H3,(H2,9,10,11,12,13). The third-order valence-corrected chi connectivity index (χ3v) is 1.83. The second-order valence-corrected chi connectivity index (χ2v) is 4.06. The molecule has 72 valence electrons. The van der Waals surface area contributed by atoms with Crippen LogP contribution in [0, 0.1) is 11.3 Å². The number of aliphatic hydroxyl groups is 1. The van der Waals surface area contributed by atoms with Crippen molar-refractivity contribution < 1.29 is 14.7 Å². The quantitative estimate of drug-likeness (QED) is 0.528. The van der Waals surface area contributed by atoms with Crippen LogP contribution in [0.25, 0.3) is 0 Å². The van der Waals surface area contributed by atoms with Crippen molar-refractivity contribution in [2.75, 3.05) is 0 Å². The van der Waals surface area contributed by atoms with Gasteiger partial charge in [-0.15, -0.1) is 0 Å². The van der Waals surface area contributed by atoms with Crippen molar-refractivity contribution in [2.45, 2.75) is 20.8 Å². The molecule has 0 aromatic heterocycles. The topological polar surface area (TPSA) is 78.8 Å². The molecule has 0 aliphatic carbocycles. The summed E-state index contributed by atoms with van der Waals surface area (Å²) in [4.78, 5) is 25.8. The number of nitrogens with zero attached hydrogens (tertiary/aromatic N) is 1. The molecule has 1 rings (SSSR count). The van der Waals surface area contributed by atoms with Gasteiger partial charge in [-0.25, -0.2) is 0 Å². The van der Waals surface area contributed by atoms with Crippen molar-refractivity contribution in [3.63, 3.8) is 0 Å². The molecule has 5 heteroatoms. The molecular formula is C8H12N2O3. The van der Waals surface area contributed by atoms with Gasteiger partial charge in [0.1, 0.15) is 5.92 Å². The van der Waals surface area contributed by atoms with E-state index in [4.69, 9.17) is 5.11 Å². The van der Waals surface area contributed by atoms with E-state index in [2.05, 4.69) is 10.3 Å². The van der Waals surface area contributed by atoms with E-state index in [0.717, 1.165) is 0 Å². The summed E-state index contributed by atoms with van der Waals surface area (Å²) >= 11 is 0. The molecule has 13 heavy (non-hydrogen) atoms. The van der Waals surface area contributed by atoms with Gasteiger partial charge in [-0.2, -0.15) is 4.99 Å². The van der Waals surface area contributed by atoms with Gasteiger partial charge in [0, 0.05) is 0 Å². The van der Waals surface area contributed by atoms with Crippen LogP contribution in [0.4, 0.5) is 0 Å². The Labute approximate surface area is 75.9 Å². The van der Waals surface area contributed by atoms with Crippen LogP contribution in [0.2, 0.25) is 0 Å². The molecule has 0 fully saturated rings. The van der Waals surface area contributed by atoms with Crippen molar-refractivity contribution in [1.29, 1.82) is 0 Å². The maximum Gasteiger partial charge on any atom is 0.296 e. The Morgan fingerprint density at radius 2 is 1.92 bits per heavy atom. The van der Waals surface area contributed by atoms with Crippen LogP contribution < -0.4 is 5.32 Å². The zero-order valence-corrected chi connectivity index (χ0v) is 7.79. The minimum Gasteiger partial charge on any atom is -0.480 e. The third-order valence-electron chi connectivity index (χ3n) is 1.83. The zero-order valence-electron chi connectivity index (χ0n) is 7.79. The monoisotopic (exact) mass is 184 g/mol. The highest BCUT2D eigenvalue weighted by atomic mass is 16.3. The van der Waals surface area contributed by atoms with Gasteiger partial charge in [0.05, 0.1) is 0 Å². The van der Waals surface area contributed by atoms with Crippen LogP contribution in [0.1, 0.15) is 20.8 Å². The van der Waals surface area contributed by atoms with Gasteiger partial charge < -0.3 is 5.11 Å². The smallest absolute Gasteiger partial charge is 0.296 e. The fourth-order valence-corrected chi connectivity index (χ4v) is 1.26. The van der Waals surface area contributed by atoms with Crippen LogP contribution in [0.5, 0.6) is 0 Å². The molecular weight excluding hydrogens is 172 g/mol. The molecule has 2 amide bonds. The molecule has 1 atom stereocenters. The SMILES string of the molecule is CC(C)(C)C1C(=O)N=C(O)NC1=O. The first-order chi connectivity index (χ1) is 5.82. The number of rotatable bonds is 0. The third kappa shape index (κ3) is 1.85. The lowest BCUT2D eigenvalue weighted by Gasteiger charge is -2.28. The van der Waals surface area contributed by atoms with Gasteiger partial charge in [-0.1, -0.05) is 20.8 Å². The zero-order chi connectivity index (χ0) is 10.2. The predicted octanol–water partition coefficient (Wildman–Crippen LogP) is 0.219. The summed E-state index contributed by atoms with van der Waals surface area (Å²) in [6, 6.07) is -0.615. The summed E-state index contributed by atoms with van der Waals surface area (Å²) < 4.78 is 0. The minimum absolute atomic E-state index is 0.481. The maximum atomic E-state index is 11.3. The van der Waals surface area contributed by atoms with Crippen molar-refractivity contribution in [2.24, 2.45) is 16.3 Å². The van der Waals surface area contributed by atoms with E-state index < -0.39 is 29.2 Å². The van der Waals surface area contributed by atoms with E-state index in [1.54, 1.807) is 20.8 Å². The highest BCUT2D eigenvalue weighted by molar-refractivity contribution is 6.13. The Bertz CT molecular complexity index is 288. The van der Waals surface area contributed by atoms with Crippen LogP contribution in [-0.2, 0) is 9.59 Å². The largest absolute Gasteiger partial charge is 0.480 e. The van der Waals surface area contributed by atoms with Crippen molar-refractivity contribution in [3.8, 4) is 0 Å². The first-order valence-electron chi connectivity index (χ1n) is 3.95. The Balaban J connectivity index is 3.01. The fraction of sp³-hybridized carbons (Fsp3) is 0.625. The van der Waals surface area contributed by atoms with Crippen LogP contribution in [0.3, 0.4) is 0 Å². The Morgan fingerprint density at radius 3 is 2.31 bits per heavy atom. The molecule has 0 radical (unpaired) electrons. The lowest BCUT2D eigenvalue weighted by molar-refractivity contribution is -0.138. The lowest BCUT2D eigenvalue weighted by Crippen LogP contribution is -2.48. The van der Waals surface area contributed by atoms with Crippen molar-refractivity contribution in [3.05, 3.63) is 0 Å². The van der Waals surface area contributed by atoms with E-state index >= 15 is 0 Å². The average molecular weight is 184 g/mol. The molecule has 1 aliphatic rings. The Morgan fingerprint density at radius 1 is 1.38 bits per heavy atom. The van der Waals surface area contributed by atoms with E-state index in [1.807, 2.05) is 0 Å². The number of aliphatic imine (C=N–C) groups is 1. The first kappa shape index (κ1) is 9.70. The van der Waals surface area contributed by atoms with Gasteiger partial charge in [0.15, 0.2) is 0 Å². The average Bonchev–Trinajstić information content (AvgIpc) is 1.78. The van der Waals surface area contributed by atoms with E-state index in [1.165, 1.54) is 0 Å². The van der Waals surface area contributed by atoms with Crippen molar-refractivity contribution in [1.82, 2.24) is 5.32 Å². The normalized spacial score (nSPS) is 23.9.